The van der Waals surface area contributed by atoms with Gasteiger partial charge in [0.05, 0.1) is 12.1 Å². The number of rotatable bonds is 5. The number of carbonyl (C=O) groups is 1. The molecule has 0 radical (unpaired) electrons. The summed E-state index contributed by atoms with van der Waals surface area (Å²) in [4.78, 5) is 21.6. The molecule has 2 aliphatic heterocycles. The molecule has 2 saturated heterocycles. The van der Waals surface area contributed by atoms with E-state index in [-0.39, 0.29) is 11.8 Å². The Labute approximate surface area is 183 Å². The molecule has 2 fully saturated rings. The van der Waals surface area contributed by atoms with Crippen molar-refractivity contribution < 1.29 is 9.90 Å². The topological polar surface area (TPSA) is 61.6 Å². The zero-order valence-electron chi connectivity index (χ0n) is 17.6. The van der Waals surface area contributed by atoms with Gasteiger partial charge in [-0.2, -0.15) is 0 Å². The molecule has 1 aromatic carbocycles. The lowest BCUT2D eigenvalue weighted by Gasteiger charge is -2.41. The lowest BCUT2D eigenvalue weighted by molar-refractivity contribution is -0.141. The number of hydrogen-bond acceptors (Lipinski definition) is 4. The Morgan fingerprint density at radius 1 is 1.20 bits per heavy atom. The summed E-state index contributed by atoms with van der Waals surface area (Å²) in [5.74, 6) is 1.26. The maximum absolute atomic E-state index is 13.0. The van der Waals surface area contributed by atoms with E-state index in [0.29, 0.717) is 32.5 Å². The van der Waals surface area contributed by atoms with Crippen molar-refractivity contribution in [1.29, 1.82) is 0 Å². The predicted octanol–water partition coefficient (Wildman–Crippen LogP) is 3.11. The lowest BCUT2D eigenvalue weighted by atomic mass is 9.89. The monoisotopic (exact) mass is 430 g/mol. The Kier molecular flexibility index (Phi) is 6.46. The summed E-state index contributed by atoms with van der Waals surface area (Å²) in [5, 5.41) is 11.8. The molecule has 1 aromatic heterocycles. The quantitative estimate of drug-likeness (QED) is 0.791. The fourth-order valence-electron chi connectivity index (χ4n) is 4.65. The molecule has 2 aromatic rings. The van der Waals surface area contributed by atoms with Crippen LogP contribution in [0.2, 0.25) is 5.02 Å². The van der Waals surface area contributed by atoms with E-state index in [1.165, 1.54) is 0 Å². The highest BCUT2D eigenvalue weighted by Gasteiger charge is 2.37. The van der Waals surface area contributed by atoms with Gasteiger partial charge in [-0.25, -0.2) is 4.98 Å². The fourth-order valence-corrected chi connectivity index (χ4v) is 4.85. The number of hydrogen-bond donors (Lipinski definition) is 1. The smallest absolute Gasteiger partial charge is 0.225 e. The molecule has 30 heavy (non-hydrogen) atoms. The highest BCUT2D eigenvalue weighted by molar-refractivity contribution is 6.31. The predicted molar refractivity (Wildman–Crippen MR) is 117 cm³/mol. The van der Waals surface area contributed by atoms with Crippen LogP contribution in [0.15, 0.2) is 36.7 Å². The van der Waals surface area contributed by atoms with Crippen molar-refractivity contribution in [2.45, 2.75) is 51.3 Å². The maximum atomic E-state index is 13.0. The molecule has 162 valence electrons. The molecule has 7 heteroatoms. The number of aliphatic hydroxyl groups is 1. The summed E-state index contributed by atoms with van der Waals surface area (Å²) in [6.45, 7) is 6.41. The van der Waals surface area contributed by atoms with E-state index in [2.05, 4.69) is 16.0 Å². The fraction of sp³-hybridized carbons (Fsp3) is 0.565. The number of aryl methyl sites for hydroxylation is 1. The van der Waals surface area contributed by atoms with Crippen LogP contribution in [0, 0.1) is 12.8 Å². The largest absolute Gasteiger partial charge is 0.388 e. The lowest BCUT2D eigenvalue weighted by Crippen LogP contribution is -2.51. The summed E-state index contributed by atoms with van der Waals surface area (Å²) in [7, 11) is 0. The van der Waals surface area contributed by atoms with Crippen LogP contribution in [0.1, 0.15) is 37.1 Å². The van der Waals surface area contributed by atoms with Gasteiger partial charge in [0.15, 0.2) is 0 Å². The average molecular weight is 431 g/mol. The molecule has 1 amide bonds. The highest BCUT2D eigenvalue weighted by Crippen LogP contribution is 2.28. The van der Waals surface area contributed by atoms with Gasteiger partial charge in [0.25, 0.3) is 0 Å². The number of nitrogens with zero attached hydrogens (tertiary/aromatic N) is 4. The molecular weight excluding hydrogens is 400 g/mol. The molecule has 0 saturated carbocycles. The van der Waals surface area contributed by atoms with Gasteiger partial charge < -0.3 is 14.6 Å². The Morgan fingerprint density at radius 2 is 1.90 bits per heavy atom. The summed E-state index contributed by atoms with van der Waals surface area (Å²) < 4.78 is 1.99. The van der Waals surface area contributed by atoms with Crippen molar-refractivity contribution in [3.8, 4) is 0 Å². The van der Waals surface area contributed by atoms with E-state index < -0.39 is 5.60 Å². The number of piperidine rings is 2. The van der Waals surface area contributed by atoms with Crippen molar-refractivity contribution in [3.63, 3.8) is 0 Å². The van der Waals surface area contributed by atoms with Crippen LogP contribution in [0.5, 0.6) is 0 Å². The number of imidazole rings is 1. The SMILES string of the molecule is Cc1nccn1CC1(O)CCN(C(=O)C2CCN(Cc3ccccc3Cl)CC2)CC1. The van der Waals surface area contributed by atoms with Gasteiger partial charge in [-0.15, -0.1) is 0 Å². The first-order chi connectivity index (χ1) is 14.4. The van der Waals surface area contributed by atoms with Crippen molar-refractivity contribution in [2.75, 3.05) is 26.2 Å². The normalized spacial score (nSPS) is 20.4. The van der Waals surface area contributed by atoms with E-state index in [1.54, 1.807) is 6.20 Å². The van der Waals surface area contributed by atoms with Crippen molar-refractivity contribution in [3.05, 3.63) is 53.1 Å². The Bertz CT molecular complexity index is 868. The van der Waals surface area contributed by atoms with Crippen LogP contribution in [0.4, 0.5) is 0 Å². The van der Waals surface area contributed by atoms with Gasteiger partial charge in [0, 0.05) is 43.0 Å². The molecule has 6 nitrogen and oxygen atoms in total. The second-order valence-corrected chi connectivity index (χ2v) is 9.20. The zero-order valence-corrected chi connectivity index (χ0v) is 18.4. The maximum Gasteiger partial charge on any atom is 0.225 e. The van der Waals surface area contributed by atoms with Gasteiger partial charge in [-0.05, 0) is 57.3 Å². The molecule has 1 N–H and O–H groups in total. The number of aromatic nitrogens is 2. The van der Waals surface area contributed by atoms with Crippen LogP contribution in [-0.4, -0.2) is 62.1 Å². The first-order valence-corrected chi connectivity index (χ1v) is 11.3. The third kappa shape index (κ3) is 4.88. The summed E-state index contributed by atoms with van der Waals surface area (Å²) in [6, 6.07) is 7.97. The Hall–Kier alpha value is -1.89. The van der Waals surface area contributed by atoms with E-state index >= 15 is 0 Å². The minimum Gasteiger partial charge on any atom is -0.388 e. The average Bonchev–Trinajstić information content (AvgIpc) is 3.14. The Morgan fingerprint density at radius 3 is 2.53 bits per heavy atom. The van der Waals surface area contributed by atoms with Gasteiger partial charge in [0.1, 0.15) is 5.82 Å². The molecule has 0 bridgehead atoms. The van der Waals surface area contributed by atoms with Crippen LogP contribution < -0.4 is 0 Å². The van der Waals surface area contributed by atoms with Gasteiger partial charge >= 0.3 is 0 Å². The highest BCUT2D eigenvalue weighted by atomic mass is 35.5. The summed E-state index contributed by atoms with van der Waals surface area (Å²) in [5.41, 5.74) is 0.382. The number of halogens is 1. The number of carbonyl (C=O) groups excluding carboxylic acids is 1. The molecule has 2 aliphatic rings. The third-order valence-corrected chi connectivity index (χ3v) is 7.05. The van der Waals surface area contributed by atoms with Crippen molar-refractivity contribution >= 4 is 17.5 Å². The van der Waals surface area contributed by atoms with E-state index in [0.717, 1.165) is 48.9 Å². The second-order valence-electron chi connectivity index (χ2n) is 8.79. The van der Waals surface area contributed by atoms with Gasteiger partial charge in [-0.1, -0.05) is 29.8 Å². The number of benzene rings is 1. The van der Waals surface area contributed by atoms with Crippen LogP contribution in [0.3, 0.4) is 0 Å². The van der Waals surface area contributed by atoms with Crippen molar-refractivity contribution in [1.82, 2.24) is 19.4 Å². The standard InChI is InChI=1S/C23H31ClN4O2/c1-18-25-10-15-28(18)17-23(30)8-13-27(14-9-23)22(29)19-6-11-26(12-7-19)16-20-4-2-3-5-21(20)24/h2-5,10,15,19,30H,6-9,11-14,16-17H2,1H3. The molecule has 4 rings (SSSR count). The first kappa shape index (κ1) is 21.3. The molecule has 0 atom stereocenters. The summed E-state index contributed by atoms with van der Waals surface area (Å²) in [6.07, 6.45) is 6.66. The minimum absolute atomic E-state index is 0.0922. The van der Waals surface area contributed by atoms with Gasteiger partial charge in [-0.3, -0.25) is 9.69 Å². The Balaban J connectivity index is 1.25. The molecule has 3 heterocycles. The second kappa shape index (κ2) is 9.08. The van der Waals surface area contributed by atoms with Crippen molar-refractivity contribution in [2.24, 2.45) is 5.92 Å². The molecule has 0 unspecified atom stereocenters. The van der Waals surface area contributed by atoms with E-state index in [1.807, 2.05) is 40.8 Å². The molecule has 0 aliphatic carbocycles. The number of amides is 1. The van der Waals surface area contributed by atoms with E-state index in [9.17, 15) is 9.90 Å². The van der Waals surface area contributed by atoms with E-state index in [4.69, 9.17) is 11.6 Å². The van der Waals surface area contributed by atoms with Crippen LogP contribution >= 0.6 is 11.6 Å². The first-order valence-electron chi connectivity index (χ1n) is 10.9. The van der Waals surface area contributed by atoms with Crippen LogP contribution in [0.25, 0.3) is 0 Å². The van der Waals surface area contributed by atoms with Crippen LogP contribution in [-0.2, 0) is 17.9 Å². The molecule has 0 spiro atoms. The summed E-state index contributed by atoms with van der Waals surface area (Å²) >= 11 is 6.29. The third-order valence-electron chi connectivity index (χ3n) is 6.68. The minimum atomic E-state index is -0.763. The number of likely N-dealkylation sites (tertiary alicyclic amines) is 2. The van der Waals surface area contributed by atoms with Gasteiger partial charge in [0.2, 0.25) is 5.91 Å². The molecular formula is C23H31ClN4O2. The zero-order chi connectivity index (χ0) is 21.1.